The predicted octanol–water partition coefficient (Wildman–Crippen LogP) is 12.0. The van der Waals surface area contributed by atoms with E-state index in [2.05, 4.69) is 90.2 Å². The first-order valence-corrected chi connectivity index (χ1v) is 21.9. The largest absolute Gasteiger partial charge is 0.508 e. The van der Waals surface area contributed by atoms with Crippen LogP contribution in [0.25, 0.3) is 0 Å². The van der Waals surface area contributed by atoms with Gasteiger partial charge in [-0.25, -0.2) is 4.79 Å². The predicted molar refractivity (Wildman–Crippen MR) is 233 cm³/mol. The molecule has 334 valence electrons. The number of benzene rings is 1. The van der Waals surface area contributed by atoms with Crippen molar-refractivity contribution in [1.29, 1.82) is 0 Å². The monoisotopic (exact) mass is 1040 g/mol. The number of carbonyl (C=O) groups excluding carboxylic acids is 3. The molecule has 1 aromatic rings. The molecule has 2 fully saturated rings. The van der Waals surface area contributed by atoms with Gasteiger partial charge in [-0.15, -0.1) is 6.08 Å². The maximum absolute atomic E-state index is 13.3. The Morgan fingerprint density at radius 3 is 2.03 bits per heavy atom. The van der Waals surface area contributed by atoms with Gasteiger partial charge in [-0.05, 0) is 86.6 Å². The zero-order valence-electron chi connectivity index (χ0n) is 38.3. The fourth-order valence-electron chi connectivity index (χ4n) is 7.46. The molecule has 0 amide bonds. The van der Waals surface area contributed by atoms with Crippen LogP contribution in [0, 0.1) is 46.0 Å². The van der Waals surface area contributed by atoms with Crippen LogP contribution >= 0.6 is 0 Å². The summed E-state index contributed by atoms with van der Waals surface area (Å²) in [6.07, 6.45) is 19.9. The molecule has 0 aromatic heterocycles. The van der Waals surface area contributed by atoms with E-state index in [1.807, 2.05) is 58.0 Å². The minimum Gasteiger partial charge on any atom is -0.465 e. The second kappa shape index (κ2) is 28.3. The number of carbonyl (C=O) groups is 3. The van der Waals surface area contributed by atoms with Crippen molar-refractivity contribution >= 4 is 18.1 Å². The van der Waals surface area contributed by atoms with Crippen LogP contribution in [0.1, 0.15) is 147 Å². The van der Waals surface area contributed by atoms with Gasteiger partial charge in [0.05, 0.1) is 18.9 Å². The molecule has 2 aliphatic carbocycles. The van der Waals surface area contributed by atoms with Crippen LogP contribution in [0.2, 0.25) is 0 Å². The van der Waals surface area contributed by atoms with Gasteiger partial charge >= 0.3 is 18.1 Å². The molecule has 4 atom stereocenters. The first kappa shape index (κ1) is 53.9. The number of hydrogen-bond acceptors (Lipinski definition) is 8. The van der Waals surface area contributed by atoms with Crippen LogP contribution < -0.4 is 0 Å². The molecule has 9 heteroatoms. The first-order chi connectivity index (χ1) is 27.1. The SMILES string of the molecule is CC.CCN(CC)CCCOC(=O)OCC(COC(=O)CC12CCC1C2)COC(=O)C(C)(CC)C[CH-]C/C=C\C/C=C\CC(C)(C)CC(C)(C)C.[Cm].[c-]1ccccc1. The van der Waals surface area contributed by atoms with Gasteiger partial charge in [0, 0.05) is 12.0 Å². The van der Waals surface area contributed by atoms with E-state index in [-0.39, 0.29) is 49.2 Å². The molecular formula is C49H81CmNO7-2. The van der Waals surface area contributed by atoms with E-state index in [1.54, 1.807) is 0 Å². The molecule has 0 radical (unpaired) electrons. The number of hydrogen-bond donors (Lipinski definition) is 0. The Balaban J connectivity index is 0.00000324. The summed E-state index contributed by atoms with van der Waals surface area (Å²) in [5, 5.41) is 0. The summed E-state index contributed by atoms with van der Waals surface area (Å²) < 4.78 is 22.0. The van der Waals surface area contributed by atoms with Gasteiger partial charge in [0.25, 0.3) is 0 Å². The van der Waals surface area contributed by atoms with E-state index < -0.39 is 17.5 Å². The minimum atomic E-state index is -0.766. The fraction of sp³-hybridized carbons (Fsp3) is 0.714. The smallest absolute Gasteiger partial charge is 0.465 e. The van der Waals surface area contributed by atoms with Crippen LogP contribution in [-0.4, -0.2) is 69.1 Å². The van der Waals surface area contributed by atoms with Crippen LogP contribution in [0.5, 0.6) is 0 Å². The maximum Gasteiger partial charge on any atom is 0.508 e. The Kier molecular flexibility index (Phi) is 26.3. The van der Waals surface area contributed by atoms with Crippen molar-refractivity contribution in [2.45, 2.75) is 147 Å². The number of allylic oxidation sites excluding steroid dienone is 4. The molecule has 1 aromatic carbocycles. The van der Waals surface area contributed by atoms with Gasteiger partial charge in [0.1, 0.15) is 19.8 Å². The molecule has 0 aliphatic heterocycles. The number of unbranched alkanes of at least 4 members (excludes halogenated alkanes) is 1. The van der Waals surface area contributed by atoms with E-state index in [4.69, 9.17) is 18.9 Å². The van der Waals surface area contributed by atoms with E-state index in [1.165, 1.54) is 12.8 Å². The molecule has 0 N–H and O–H groups in total. The van der Waals surface area contributed by atoms with Crippen molar-refractivity contribution in [3.8, 4) is 0 Å². The molecule has 0 spiro atoms. The van der Waals surface area contributed by atoms with Gasteiger partial charge in [-0.1, -0.05) is 94.4 Å². The number of ether oxygens (including phenoxy) is 4. The van der Waals surface area contributed by atoms with E-state index in [9.17, 15) is 14.4 Å². The Morgan fingerprint density at radius 1 is 0.879 bits per heavy atom. The molecule has 0 saturated heterocycles. The molecule has 0 heterocycles. The van der Waals surface area contributed by atoms with Gasteiger partial charge < -0.3 is 30.3 Å². The molecule has 58 heavy (non-hydrogen) atoms. The number of fused-ring (bicyclic) bond motifs is 1. The van der Waals surface area contributed by atoms with Crippen molar-refractivity contribution < 1.29 is 33.3 Å². The maximum atomic E-state index is 13.3. The van der Waals surface area contributed by atoms with Crippen LogP contribution in [0.15, 0.2) is 54.6 Å². The number of esters is 2. The first-order valence-electron chi connectivity index (χ1n) is 21.9. The third-order valence-corrected chi connectivity index (χ3v) is 11.0. The molecule has 8 nitrogen and oxygen atoms in total. The average molecular weight is 1040 g/mol. The summed E-state index contributed by atoms with van der Waals surface area (Å²) in [6.45, 7) is 26.6. The standard InChI is InChI=1S/C41H70NO7.C6H5.C2H6.Cm/c1-10-40(9,23-19-17-15-13-14-16-18-22-39(7,8)32-38(4,5)6)36(44)48-30-33(29-47-35(43)28-41-24-21-34(41)27-41)31-49-37(45)46-26-20-25-42(11-2)12-3;1-2-4-6-5-3-1;1-2;/h13,15-16,18-19,33-34H,10-12,14,17,20-32H2,1-9H3;1-5H;1-2H3;/q2*-1;;/b15-13-,18-16-;;;. The molecule has 2 aliphatic rings. The second-order valence-electron chi connectivity index (χ2n) is 17.9. The van der Waals surface area contributed by atoms with Crippen molar-refractivity contribution in [3.05, 3.63) is 67.1 Å². The third kappa shape index (κ3) is 22.7. The molecule has 2 saturated carbocycles. The van der Waals surface area contributed by atoms with Gasteiger partial charge in [-0.3, -0.25) is 9.59 Å². The Labute approximate surface area is 348 Å². The Morgan fingerprint density at radius 2 is 1.52 bits per heavy atom. The summed E-state index contributed by atoms with van der Waals surface area (Å²) >= 11 is 0. The normalized spacial score (nSPS) is 18.5. The van der Waals surface area contributed by atoms with Gasteiger partial charge in [-0.2, -0.15) is 49.2 Å². The zero-order chi connectivity index (χ0) is 42.8. The summed E-state index contributed by atoms with van der Waals surface area (Å²) in [6, 6.07) is 12.5. The summed E-state index contributed by atoms with van der Waals surface area (Å²) in [7, 11) is 0. The van der Waals surface area contributed by atoms with E-state index in [0.717, 1.165) is 51.7 Å². The van der Waals surface area contributed by atoms with Crippen LogP contribution in [0.4, 0.5) is 4.79 Å². The Hall–Kier alpha value is -4.13. The topological polar surface area (TPSA) is 91.4 Å². The number of nitrogens with zero attached hydrogens (tertiary/aromatic N) is 1. The second-order valence-corrected chi connectivity index (χ2v) is 17.9. The summed E-state index contributed by atoms with van der Waals surface area (Å²) in [5.74, 6) is -0.350. The van der Waals surface area contributed by atoms with Crippen LogP contribution in [0.3, 0.4) is 0 Å². The Bertz CT molecular complexity index is 1270. The molecule has 4 unspecified atom stereocenters. The third-order valence-electron chi connectivity index (χ3n) is 11.0. The molecular weight excluding hydrogens is 962 g/mol. The zero-order valence-corrected chi connectivity index (χ0v) is 41.3. The summed E-state index contributed by atoms with van der Waals surface area (Å²) in [5.41, 5.74) is 0.101. The van der Waals surface area contributed by atoms with Crippen molar-refractivity contribution in [2.24, 2.45) is 33.5 Å². The molecule has 0 bridgehead atoms. The minimum absolute atomic E-state index is 0. The molecule has 3 rings (SSSR count). The quantitative estimate of drug-likeness (QED) is 0.0314. The van der Waals surface area contributed by atoms with Gasteiger partial charge in [0.2, 0.25) is 0 Å². The van der Waals surface area contributed by atoms with E-state index >= 15 is 0 Å². The van der Waals surface area contributed by atoms with Crippen molar-refractivity contribution in [3.63, 3.8) is 0 Å². The van der Waals surface area contributed by atoms with E-state index in [0.29, 0.717) is 37.0 Å². The van der Waals surface area contributed by atoms with Crippen LogP contribution in [-0.2, 0) is 28.5 Å². The summed E-state index contributed by atoms with van der Waals surface area (Å²) in [4.78, 5) is 40.4. The average Bonchev–Trinajstić information content (AvgIpc) is 3.70. The fourth-order valence-corrected chi connectivity index (χ4v) is 7.46. The van der Waals surface area contributed by atoms with Crippen molar-refractivity contribution in [2.75, 3.05) is 46.1 Å². The van der Waals surface area contributed by atoms with Crippen molar-refractivity contribution in [1.82, 2.24) is 4.90 Å². The number of rotatable bonds is 25. The van der Waals surface area contributed by atoms with Gasteiger partial charge in [0.15, 0.2) is 0 Å².